The smallest absolute Gasteiger partial charge is 0.225 e. The minimum absolute atomic E-state index is 0.152. The van der Waals surface area contributed by atoms with E-state index in [0.717, 1.165) is 82.6 Å². The van der Waals surface area contributed by atoms with Crippen LogP contribution in [0.4, 0.5) is 10.1 Å². The molecule has 0 aliphatic carbocycles. The van der Waals surface area contributed by atoms with Crippen molar-refractivity contribution >= 4 is 17.4 Å². The van der Waals surface area contributed by atoms with Crippen LogP contribution in [0, 0.1) is 11.7 Å². The fourth-order valence-corrected chi connectivity index (χ4v) is 4.56. The summed E-state index contributed by atoms with van der Waals surface area (Å²) in [5.41, 5.74) is 0.446. The normalized spacial score (nSPS) is 19.2. The molecule has 2 aliphatic rings. The Kier molecular flexibility index (Phi) is 7.64. The molecule has 0 saturated carbocycles. The maximum Gasteiger partial charge on any atom is 0.225 e. The fourth-order valence-electron chi connectivity index (χ4n) is 4.56. The third kappa shape index (κ3) is 5.35. The van der Waals surface area contributed by atoms with Crippen molar-refractivity contribution in [2.75, 3.05) is 31.5 Å². The number of benzene rings is 1. The summed E-state index contributed by atoms with van der Waals surface area (Å²) in [6.07, 6.45) is 6.67. The lowest BCUT2D eigenvalue weighted by molar-refractivity contribution is -0.137. The summed E-state index contributed by atoms with van der Waals surface area (Å²) < 4.78 is 13.6. The number of carbonyl (C=O) groups excluding carboxylic acids is 1. The highest BCUT2D eigenvalue weighted by Gasteiger charge is 2.41. The first-order valence-electron chi connectivity index (χ1n) is 11.2. The Balaban J connectivity index is 1.71. The predicted molar refractivity (Wildman–Crippen MR) is 117 cm³/mol. The van der Waals surface area contributed by atoms with Gasteiger partial charge < -0.3 is 15.5 Å². The van der Waals surface area contributed by atoms with Crippen LogP contribution >= 0.6 is 0 Å². The van der Waals surface area contributed by atoms with Crippen molar-refractivity contribution in [1.82, 2.24) is 10.2 Å². The van der Waals surface area contributed by atoms with E-state index in [1.807, 2.05) is 11.0 Å². The van der Waals surface area contributed by atoms with Gasteiger partial charge in [-0.15, -0.1) is 0 Å². The average Bonchev–Trinajstić information content (AvgIpc) is 2.90. The molecule has 3 rings (SSSR count). The van der Waals surface area contributed by atoms with E-state index in [4.69, 9.17) is 4.99 Å². The number of amidine groups is 1. The number of likely N-dealkylation sites (tertiary alicyclic amines) is 1. The van der Waals surface area contributed by atoms with Crippen molar-refractivity contribution < 1.29 is 9.18 Å². The highest BCUT2D eigenvalue weighted by Crippen LogP contribution is 2.29. The third-order valence-corrected chi connectivity index (χ3v) is 6.16. The van der Waals surface area contributed by atoms with Crippen LogP contribution in [0.1, 0.15) is 58.8 Å². The molecule has 5 nitrogen and oxygen atoms in total. The summed E-state index contributed by atoms with van der Waals surface area (Å²) in [5.74, 6) is 1.09. The van der Waals surface area contributed by atoms with Gasteiger partial charge in [0.25, 0.3) is 0 Å². The molecule has 0 aromatic heterocycles. The summed E-state index contributed by atoms with van der Waals surface area (Å²) in [6.45, 7) is 7.43. The number of hydrogen-bond donors (Lipinski definition) is 2. The Hall–Kier alpha value is -1.95. The number of anilines is 1. The Morgan fingerprint density at radius 1 is 1.28 bits per heavy atom. The molecule has 6 heteroatoms. The lowest BCUT2D eigenvalue weighted by Crippen LogP contribution is -2.61. The van der Waals surface area contributed by atoms with Gasteiger partial charge in [-0.2, -0.15) is 0 Å². The van der Waals surface area contributed by atoms with Crippen molar-refractivity contribution in [3.63, 3.8) is 0 Å². The SMILES string of the molecule is CCCC(CCC)C(=O)N1CCC2(CC1)NCCCN=C2Nc1cccc(F)c1. The standard InChI is InChI=1S/C23H35FN4O/c1-3-7-18(8-4-2)21(29)28-15-11-23(12-16-28)22(25-13-6-14-26-23)27-20-10-5-9-19(24)17-20/h5,9-10,17-18,26H,3-4,6-8,11-16H2,1-2H3,(H,25,27). The second-order valence-electron chi connectivity index (χ2n) is 8.33. The van der Waals surface area contributed by atoms with Gasteiger partial charge in [0.05, 0.1) is 5.54 Å². The summed E-state index contributed by atoms with van der Waals surface area (Å²) >= 11 is 0. The molecule has 1 fully saturated rings. The fraction of sp³-hybridized carbons (Fsp3) is 0.652. The average molecular weight is 403 g/mol. The van der Waals surface area contributed by atoms with E-state index in [1.54, 1.807) is 6.07 Å². The van der Waals surface area contributed by atoms with E-state index in [-0.39, 0.29) is 17.3 Å². The number of nitrogens with one attached hydrogen (secondary N) is 2. The predicted octanol–water partition coefficient (Wildman–Crippen LogP) is 4.21. The van der Waals surface area contributed by atoms with Crippen molar-refractivity contribution in [3.8, 4) is 0 Å². The number of amides is 1. The van der Waals surface area contributed by atoms with Crippen LogP contribution in [0.3, 0.4) is 0 Å². The summed E-state index contributed by atoms with van der Waals surface area (Å²) in [5, 5.41) is 7.07. The quantitative estimate of drug-likeness (QED) is 0.750. The Bertz CT molecular complexity index is 707. The van der Waals surface area contributed by atoms with Crippen LogP contribution in [0.25, 0.3) is 0 Å². The summed E-state index contributed by atoms with van der Waals surface area (Å²) in [4.78, 5) is 19.9. The van der Waals surface area contributed by atoms with Crippen LogP contribution in [-0.4, -0.2) is 48.4 Å². The molecule has 1 saturated heterocycles. The number of piperidine rings is 1. The van der Waals surface area contributed by atoms with E-state index in [0.29, 0.717) is 5.91 Å². The van der Waals surface area contributed by atoms with Gasteiger partial charge in [-0.05, 0) is 56.8 Å². The molecule has 2 heterocycles. The number of aliphatic imine (C=N–C) groups is 1. The van der Waals surface area contributed by atoms with Gasteiger partial charge in [0.2, 0.25) is 5.91 Å². The molecular weight excluding hydrogens is 367 g/mol. The Morgan fingerprint density at radius 2 is 2.00 bits per heavy atom. The molecule has 29 heavy (non-hydrogen) atoms. The zero-order valence-corrected chi connectivity index (χ0v) is 17.8. The number of hydrogen-bond acceptors (Lipinski definition) is 4. The topological polar surface area (TPSA) is 56.7 Å². The van der Waals surface area contributed by atoms with Crippen LogP contribution in [0.2, 0.25) is 0 Å². The molecule has 1 aromatic carbocycles. The number of carbonyl (C=O) groups is 1. The van der Waals surface area contributed by atoms with Gasteiger partial charge in [-0.25, -0.2) is 4.39 Å². The minimum atomic E-state index is -0.273. The lowest BCUT2D eigenvalue weighted by Gasteiger charge is -2.43. The zero-order valence-electron chi connectivity index (χ0n) is 17.8. The minimum Gasteiger partial charge on any atom is -0.342 e. The van der Waals surface area contributed by atoms with Gasteiger partial charge in [-0.1, -0.05) is 32.8 Å². The van der Waals surface area contributed by atoms with E-state index >= 15 is 0 Å². The zero-order chi connectivity index (χ0) is 20.7. The van der Waals surface area contributed by atoms with Gasteiger partial charge in [-0.3, -0.25) is 9.79 Å². The lowest BCUT2D eigenvalue weighted by atomic mass is 9.84. The number of nitrogens with zero attached hydrogens (tertiary/aromatic N) is 2. The molecular formula is C23H35FN4O. The van der Waals surface area contributed by atoms with Crippen LogP contribution in [-0.2, 0) is 4.79 Å². The summed E-state index contributed by atoms with van der Waals surface area (Å²) in [7, 11) is 0. The molecule has 1 amide bonds. The summed E-state index contributed by atoms with van der Waals surface area (Å²) in [6, 6.07) is 6.52. The maximum atomic E-state index is 13.6. The van der Waals surface area contributed by atoms with Crippen LogP contribution in [0.15, 0.2) is 29.3 Å². The van der Waals surface area contributed by atoms with E-state index in [2.05, 4.69) is 24.5 Å². The molecule has 0 bridgehead atoms. The highest BCUT2D eigenvalue weighted by molar-refractivity contribution is 6.03. The third-order valence-electron chi connectivity index (χ3n) is 6.16. The van der Waals surface area contributed by atoms with E-state index < -0.39 is 0 Å². The highest BCUT2D eigenvalue weighted by atomic mass is 19.1. The first kappa shape index (κ1) is 21.8. The number of rotatable bonds is 6. The maximum absolute atomic E-state index is 13.6. The van der Waals surface area contributed by atoms with Gasteiger partial charge in [0, 0.05) is 31.2 Å². The van der Waals surface area contributed by atoms with Crippen molar-refractivity contribution in [1.29, 1.82) is 0 Å². The molecule has 1 aromatic rings. The van der Waals surface area contributed by atoms with Gasteiger partial charge in [0.15, 0.2) is 0 Å². The molecule has 2 aliphatic heterocycles. The monoisotopic (exact) mass is 402 g/mol. The van der Waals surface area contributed by atoms with E-state index in [1.165, 1.54) is 12.1 Å². The van der Waals surface area contributed by atoms with Crippen molar-refractivity contribution in [3.05, 3.63) is 30.1 Å². The van der Waals surface area contributed by atoms with Crippen molar-refractivity contribution in [2.24, 2.45) is 10.9 Å². The van der Waals surface area contributed by atoms with Crippen molar-refractivity contribution in [2.45, 2.75) is 64.3 Å². The Morgan fingerprint density at radius 3 is 2.66 bits per heavy atom. The second-order valence-corrected chi connectivity index (χ2v) is 8.33. The largest absolute Gasteiger partial charge is 0.342 e. The number of halogens is 1. The second kappa shape index (κ2) is 10.2. The molecule has 0 unspecified atom stereocenters. The molecule has 0 atom stereocenters. The van der Waals surface area contributed by atoms with Crippen LogP contribution in [0.5, 0.6) is 0 Å². The van der Waals surface area contributed by atoms with Gasteiger partial charge in [0.1, 0.15) is 11.7 Å². The first-order valence-corrected chi connectivity index (χ1v) is 11.2. The van der Waals surface area contributed by atoms with Crippen LogP contribution < -0.4 is 10.6 Å². The molecule has 1 spiro atoms. The van der Waals surface area contributed by atoms with Gasteiger partial charge >= 0.3 is 0 Å². The first-order chi connectivity index (χ1) is 14.1. The van der Waals surface area contributed by atoms with E-state index in [9.17, 15) is 9.18 Å². The molecule has 2 N–H and O–H groups in total. The molecule has 160 valence electrons. The molecule has 0 radical (unpaired) electrons. The Labute approximate surface area is 174 Å².